The van der Waals surface area contributed by atoms with Crippen molar-refractivity contribution >= 4 is 12.3 Å². The van der Waals surface area contributed by atoms with Crippen LogP contribution in [0, 0.1) is 0 Å². The van der Waals surface area contributed by atoms with Crippen molar-refractivity contribution in [2.45, 2.75) is 6.61 Å². The van der Waals surface area contributed by atoms with Crippen LogP contribution in [0.3, 0.4) is 0 Å². The number of ether oxygens (including phenoxy) is 1. The van der Waals surface area contributed by atoms with Crippen LogP contribution in [0.4, 0.5) is 0 Å². The SMILES string of the molecule is O=Cc1ccc(C(=O)OCc2ccccc2)cc1. The number of esters is 1. The normalized spacial score (nSPS) is 9.78. The van der Waals surface area contributed by atoms with E-state index in [-0.39, 0.29) is 6.61 Å². The molecule has 0 saturated heterocycles. The van der Waals surface area contributed by atoms with E-state index in [9.17, 15) is 9.59 Å². The molecule has 3 nitrogen and oxygen atoms in total. The highest BCUT2D eigenvalue weighted by Gasteiger charge is 2.06. The van der Waals surface area contributed by atoms with E-state index in [1.54, 1.807) is 24.3 Å². The fourth-order valence-electron chi connectivity index (χ4n) is 1.50. The fourth-order valence-corrected chi connectivity index (χ4v) is 1.50. The minimum absolute atomic E-state index is 0.245. The Kier molecular flexibility index (Phi) is 3.86. The minimum Gasteiger partial charge on any atom is -0.457 e. The molecule has 3 heteroatoms. The van der Waals surface area contributed by atoms with Crippen molar-refractivity contribution in [3.8, 4) is 0 Å². The molecule has 0 spiro atoms. The van der Waals surface area contributed by atoms with E-state index in [0.717, 1.165) is 11.8 Å². The summed E-state index contributed by atoms with van der Waals surface area (Å²) in [7, 11) is 0. The Morgan fingerprint density at radius 3 is 2.28 bits per heavy atom. The maximum Gasteiger partial charge on any atom is 0.338 e. The van der Waals surface area contributed by atoms with Crippen molar-refractivity contribution in [2.24, 2.45) is 0 Å². The first-order valence-electron chi connectivity index (χ1n) is 5.56. The van der Waals surface area contributed by atoms with E-state index >= 15 is 0 Å². The molecule has 0 fully saturated rings. The van der Waals surface area contributed by atoms with Crippen LogP contribution in [0.25, 0.3) is 0 Å². The molecule has 0 unspecified atom stereocenters. The summed E-state index contributed by atoms with van der Waals surface area (Å²) in [5.74, 6) is -0.392. The third-order valence-corrected chi connectivity index (χ3v) is 2.50. The Balaban J connectivity index is 1.97. The fraction of sp³-hybridized carbons (Fsp3) is 0.0667. The van der Waals surface area contributed by atoms with Crippen LogP contribution < -0.4 is 0 Å². The number of carbonyl (C=O) groups excluding carboxylic acids is 2. The number of hydrogen-bond donors (Lipinski definition) is 0. The van der Waals surface area contributed by atoms with Gasteiger partial charge in [0.15, 0.2) is 0 Å². The number of carbonyl (C=O) groups is 2. The molecule has 0 aliphatic heterocycles. The lowest BCUT2D eigenvalue weighted by atomic mass is 10.1. The van der Waals surface area contributed by atoms with Crippen LogP contribution in [0.15, 0.2) is 54.6 Å². The van der Waals surface area contributed by atoms with Gasteiger partial charge in [-0.1, -0.05) is 42.5 Å². The maximum atomic E-state index is 11.7. The lowest BCUT2D eigenvalue weighted by Gasteiger charge is -2.04. The summed E-state index contributed by atoms with van der Waals surface area (Å²) in [5.41, 5.74) is 1.92. The average molecular weight is 240 g/mol. The van der Waals surface area contributed by atoms with Gasteiger partial charge < -0.3 is 4.74 Å². The van der Waals surface area contributed by atoms with Gasteiger partial charge in [-0.25, -0.2) is 4.79 Å². The Morgan fingerprint density at radius 2 is 1.67 bits per heavy atom. The van der Waals surface area contributed by atoms with E-state index in [2.05, 4.69) is 0 Å². The second-order valence-corrected chi connectivity index (χ2v) is 3.80. The molecule has 0 radical (unpaired) electrons. The first-order chi connectivity index (χ1) is 8.79. The smallest absolute Gasteiger partial charge is 0.338 e. The number of aldehydes is 1. The zero-order valence-corrected chi connectivity index (χ0v) is 9.71. The van der Waals surface area contributed by atoms with Crippen LogP contribution in [0.1, 0.15) is 26.3 Å². The summed E-state index contributed by atoms with van der Waals surface area (Å²) in [6.07, 6.45) is 0.735. The first-order valence-corrected chi connectivity index (χ1v) is 5.56. The van der Waals surface area contributed by atoms with Gasteiger partial charge in [0.2, 0.25) is 0 Å². The molecule has 0 N–H and O–H groups in total. The van der Waals surface area contributed by atoms with Gasteiger partial charge in [0.25, 0.3) is 0 Å². The Bertz CT molecular complexity index is 529. The molecule has 0 aromatic heterocycles. The van der Waals surface area contributed by atoms with Crippen LogP contribution in [-0.4, -0.2) is 12.3 Å². The second-order valence-electron chi connectivity index (χ2n) is 3.80. The molecule has 0 saturated carbocycles. The molecular formula is C15H12O3. The summed E-state index contributed by atoms with van der Waals surface area (Å²) >= 11 is 0. The Hall–Kier alpha value is -2.42. The molecule has 2 aromatic carbocycles. The van der Waals surface area contributed by atoms with Crippen molar-refractivity contribution in [2.75, 3.05) is 0 Å². The van der Waals surface area contributed by atoms with Gasteiger partial charge in [-0.15, -0.1) is 0 Å². The van der Waals surface area contributed by atoms with Crippen molar-refractivity contribution in [1.29, 1.82) is 0 Å². The van der Waals surface area contributed by atoms with Crippen LogP contribution in [0.2, 0.25) is 0 Å². The minimum atomic E-state index is -0.392. The van der Waals surface area contributed by atoms with E-state index in [4.69, 9.17) is 4.74 Å². The molecule has 0 bridgehead atoms. The zero-order chi connectivity index (χ0) is 12.8. The van der Waals surface area contributed by atoms with Crippen molar-refractivity contribution in [3.63, 3.8) is 0 Å². The molecule has 0 amide bonds. The summed E-state index contributed by atoms with van der Waals surface area (Å²) in [4.78, 5) is 22.2. The largest absolute Gasteiger partial charge is 0.457 e. The highest BCUT2D eigenvalue weighted by Crippen LogP contribution is 2.07. The van der Waals surface area contributed by atoms with E-state index in [1.165, 1.54) is 0 Å². The molecule has 2 aromatic rings. The van der Waals surface area contributed by atoms with Crippen LogP contribution >= 0.6 is 0 Å². The zero-order valence-electron chi connectivity index (χ0n) is 9.71. The van der Waals surface area contributed by atoms with Gasteiger partial charge in [0.1, 0.15) is 12.9 Å². The van der Waals surface area contributed by atoms with Crippen LogP contribution in [0.5, 0.6) is 0 Å². The molecule has 2 rings (SSSR count). The monoisotopic (exact) mass is 240 g/mol. The number of hydrogen-bond acceptors (Lipinski definition) is 3. The predicted octanol–water partition coefficient (Wildman–Crippen LogP) is 2.86. The molecule has 90 valence electrons. The molecule has 0 aliphatic rings. The Morgan fingerprint density at radius 1 is 1.00 bits per heavy atom. The van der Waals surface area contributed by atoms with Crippen molar-refractivity contribution < 1.29 is 14.3 Å². The highest BCUT2D eigenvalue weighted by atomic mass is 16.5. The second kappa shape index (κ2) is 5.77. The van der Waals surface area contributed by atoms with Gasteiger partial charge in [0.05, 0.1) is 5.56 Å². The molecular weight excluding hydrogens is 228 g/mol. The summed E-state index contributed by atoms with van der Waals surface area (Å²) in [5, 5.41) is 0. The lowest BCUT2D eigenvalue weighted by molar-refractivity contribution is 0.0472. The van der Waals surface area contributed by atoms with Gasteiger partial charge >= 0.3 is 5.97 Å². The van der Waals surface area contributed by atoms with Gasteiger partial charge in [-0.3, -0.25) is 4.79 Å². The predicted molar refractivity (Wildman–Crippen MR) is 67.4 cm³/mol. The quantitative estimate of drug-likeness (QED) is 0.609. The third kappa shape index (κ3) is 3.04. The van der Waals surface area contributed by atoms with Gasteiger partial charge in [-0.05, 0) is 17.7 Å². The van der Waals surface area contributed by atoms with Gasteiger partial charge in [0, 0.05) is 5.56 Å². The number of rotatable bonds is 4. The van der Waals surface area contributed by atoms with E-state index in [0.29, 0.717) is 11.1 Å². The summed E-state index contributed by atoms with van der Waals surface area (Å²) < 4.78 is 5.16. The molecule has 0 aliphatic carbocycles. The summed E-state index contributed by atoms with van der Waals surface area (Å²) in [6.45, 7) is 0.245. The standard InChI is InChI=1S/C15H12O3/c16-10-12-6-8-14(9-7-12)15(17)18-11-13-4-2-1-3-5-13/h1-10H,11H2. The lowest BCUT2D eigenvalue weighted by Crippen LogP contribution is -2.05. The molecule has 18 heavy (non-hydrogen) atoms. The highest BCUT2D eigenvalue weighted by molar-refractivity contribution is 5.90. The van der Waals surface area contributed by atoms with Crippen molar-refractivity contribution in [3.05, 3.63) is 71.3 Å². The average Bonchev–Trinajstić information content (AvgIpc) is 2.46. The number of benzene rings is 2. The molecule has 0 atom stereocenters. The third-order valence-electron chi connectivity index (χ3n) is 2.50. The van der Waals surface area contributed by atoms with E-state index in [1.807, 2.05) is 30.3 Å². The maximum absolute atomic E-state index is 11.7. The first kappa shape index (κ1) is 12.0. The molecule has 0 heterocycles. The Labute approximate surface area is 105 Å². The van der Waals surface area contributed by atoms with Crippen molar-refractivity contribution in [1.82, 2.24) is 0 Å². The van der Waals surface area contributed by atoms with Crippen LogP contribution in [-0.2, 0) is 11.3 Å². The van der Waals surface area contributed by atoms with E-state index < -0.39 is 5.97 Å². The van der Waals surface area contributed by atoms with Gasteiger partial charge in [-0.2, -0.15) is 0 Å². The topological polar surface area (TPSA) is 43.4 Å². The summed E-state index contributed by atoms with van der Waals surface area (Å²) in [6, 6.07) is 15.8.